The lowest BCUT2D eigenvalue weighted by Crippen LogP contribution is -2.05. The molecule has 2 aromatic carbocycles. The van der Waals surface area contributed by atoms with Gasteiger partial charge in [-0.25, -0.2) is 8.78 Å². The standard InChI is InChI=1S/C13H6F7NS2/c14-11-5-9(22-7-21)6-12(15)13(11)8-1-3-10(4-2-8)23(16,17,18,19)20/h1-6H. The Bertz CT molecular complexity index is 785. The molecule has 1 nitrogen and oxygen atoms in total. The lowest BCUT2D eigenvalue weighted by molar-refractivity contribution is 0.364. The van der Waals surface area contributed by atoms with E-state index in [1.165, 1.54) is 0 Å². The number of nitrogens with zero attached hydrogens (tertiary/aromatic N) is 1. The third-order valence-corrected chi connectivity index (χ3v) is 4.49. The van der Waals surface area contributed by atoms with E-state index in [0.29, 0.717) is 23.9 Å². The number of thioether (sulfide) groups is 1. The zero-order chi connectivity index (χ0) is 17.5. The molecule has 0 saturated heterocycles. The molecule has 23 heavy (non-hydrogen) atoms. The summed E-state index contributed by atoms with van der Waals surface area (Å²) in [6, 6.07) is 2.93. The van der Waals surface area contributed by atoms with Gasteiger partial charge in [-0.05, 0) is 41.6 Å². The van der Waals surface area contributed by atoms with Gasteiger partial charge in [0.15, 0.2) is 0 Å². The van der Waals surface area contributed by atoms with E-state index < -0.39 is 32.3 Å². The summed E-state index contributed by atoms with van der Waals surface area (Å²) in [7, 11) is -9.84. The van der Waals surface area contributed by atoms with Gasteiger partial charge in [0.1, 0.15) is 21.9 Å². The molecule has 0 aliphatic rings. The van der Waals surface area contributed by atoms with Crippen LogP contribution in [0.3, 0.4) is 0 Å². The van der Waals surface area contributed by atoms with Crippen LogP contribution in [0.15, 0.2) is 46.2 Å². The van der Waals surface area contributed by atoms with E-state index in [-0.39, 0.29) is 22.6 Å². The Morgan fingerprint density at radius 2 is 1.35 bits per heavy atom. The quantitative estimate of drug-likeness (QED) is 0.333. The summed E-state index contributed by atoms with van der Waals surface area (Å²) in [5, 5.41) is 10.0. The highest BCUT2D eigenvalue weighted by atomic mass is 32.5. The molecule has 10 heteroatoms. The molecule has 0 unspecified atom stereocenters. The summed E-state index contributed by atoms with van der Waals surface area (Å²) >= 11 is 0.495. The maximum Gasteiger partial charge on any atom is 0.310 e. The smallest absolute Gasteiger partial charge is 0.206 e. The van der Waals surface area contributed by atoms with Gasteiger partial charge in [0.25, 0.3) is 0 Å². The molecule has 0 bridgehead atoms. The van der Waals surface area contributed by atoms with Crippen LogP contribution in [0, 0.1) is 22.3 Å². The van der Waals surface area contributed by atoms with E-state index in [0.717, 1.165) is 12.1 Å². The van der Waals surface area contributed by atoms with Crippen LogP contribution >= 0.6 is 22.0 Å². The number of nitriles is 1. The number of thiocyanates is 1. The summed E-state index contributed by atoms with van der Waals surface area (Å²) in [5.74, 6) is -2.24. The minimum Gasteiger partial charge on any atom is -0.206 e. The third-order valence-electron chi connectivity index (χ3n) is 2.77. The molecule has 0 radical (unpaired) electrons. The first-order valence-corrected chi connectivity index (χ1v) is 8.48. The second kappa shape index (κ2) is 4.82. The normalized spacial score (nSPS) is 14.7. The van der Waals surface area contributed by atoms with Gasteiger partial charge in [0.2, 0.25) is 0 Å². The zero-order valence-electron chi connectivity index (χ0n) is 10.9. The van der Waals surface area contributed by atoms with Gasteiger partial charge in [-0.3, -0.25) is 0 Å². The highest BCUT2D eigenvalue weighted by molar-refractivity contribution is 8.45. The van der Waals surface area contributed by atoms with Crippen molar-refractivity contribution in [1.82, 2.24) is 0 Å². The van der Waals surface area contributed by atoms with Crippen LogP contribution in [-0.2, 0) is 0 Å². The fourth-order valence-electron chi connectivity index (χ4n) is 1.82. The Morgan fingerprint density at radius 1 is 0.870 bits per heavy atom. The topological polar surface area (TPSA) is 23.8 Å². The molecule has 0 aliphatic heterocycles. The molecule has 0 aliphatic carbocycles. The average molecular weight is 373 g/mol. The van der Waals surface area contributed by atoms with Crippen LogP contribution in [-0.4, -0.2) is 0 Å². The van der Waals surface area contributed by atoms with Crippen molar-refractivity contribution in [2.24, 2.45) is 0 Å². The molecule has 0 heterocycles. The second-order valence-corrected chi connectivity index (χ2v) is 7.72. The first-order valence-electron chi connectivity index (χ1n) is 5.71. The van der Waals surface area contributed by atoms with E-state index in [4.69, 9.17) is 5.26 Å². The van der Waals surface area contributed by atoms with E-state index in [2.05, 4.69) is 0 Å². The fourth-order valence-corrected chi connectivity index (χ4v) is 2.90. The molecular weight excluding hydrogens is 367 g/mol. The Morgan fingerprint density at radius 3 is 1.74 bits per heavy atom. The van der Waals surface area contributed by atoms with Crippen LogP contribution in [0.1, 0.15) is 0 Å². The molecule has 0 saturated carbocycles. The molecule has 0 amide bonds. The van der Waals surface area contributed by atoms with Crippen molar-refractivity contribution in [3.05, 3.63) is 48.0 Å². The van der Waals surface area contributed by atoms with Gasteiger partial charge >= 0.3 is 10.2 Å². The van der Waals surface area contributed by atoms with E-state index in [9.17, 15) is 28.2 Å². The Hall–Kier alpha value is -1.86. The predicted molar refractivity (Wildman–Crippen MR) is 74.7 cm³/mol. The van der Waals surface area contributed by atoms with Crippen LogP contribution in [0.4, 0.5) is 28.2 Å². The molecule has 2 rings (SSSR count). The van der Waals surface area contributed by atoms with Crippen LogP contribution in [0.5, 0.6) is 0 Å². The maximum atomic E-state index is 13.9. The highest BCUT2D eigenvalue weighted by Crippen LogP contribution is 3.02. The summed E-state index contributed by atoms with van der Waals surface area (Å²) < 4.78 is 90.7. The highest BCUT2D eigenvalue weighted by Gasteiger charge is 2.65. The van der Waals surface area contributed by atoms with Crippen molar-refractivity contribution in [2.45, 2.75) is 9.79 Å². The van der Waals surface area contributed by atoms with Crippen molar-refractivity contribution in [1.29, 1.82) is 5.26 Å². The van der Waals surface area contributed by atoms with E-state index >= 15 is 0 Å². The summed E-state index contributed by atoms with van der Waals surface area (Å²) in [4.78, 5) is -2.18. The van der Waals surface area contributed by atoms with Gasteiger partial charge in [-0.2, -0.15) is 5.26 Å². The summed E-state index contributed by atoms with van der Waals surface area (Å²) in [5.41, 5.74) is -1.000. The van der Waals surface area contributed by atoms with Crippen molar-refractivity contribution < 1.29 is 28.2 Å². The molecule has 124 valence electrons. The summed E-state index contributed by atoms with van der Waals surface area (Å²) in [6.07, 6.45) is 0. The van der Waals surface area contributed by atoms with Gasteiger partial charge in [-0.15, -0.1) is 0 Å². The maximum absolute atomic E-state index is 13.9. The average Bonchev–Trinajstić information content (AvgIpc) is 2.36. The largest absolute Gasteiger partial charge is 0.310 e. The lowest BCUT2D eigenvalue weighted by atomic mass is 10.0. The molecule has 0 aromatic heterocycles. The van der Waals surface area contributed by atoms with Crippen LogP contribution < -0.4 is 0 Å². The van der Waals surface area contributed by atoms with Gasteiger partial charge in [0.05, 0.1) is 5.56 Å². The second-order valence-electron chi connectivity index (χ2n) is 4.45. The molecule has 2 aromatic rings. The number of hydrogen-bond acceptors (Lipinski definition) is 2. The van der Waals surface area contributed by atoms with E-state index in [1.54, 1.807) is 5.40 Å². The van der Waals surface area contributed by atoms with Gasteiger partial charge in [-0.1, -0.05) is 31.6 Å². The first kappa shape index (κ1) is 17.5. The molecule has 0 atom stereocenters. The first-order chi connectivity index (χ1) is 10.3. The molecular formula is C13H6F7NS2. The predicted octanol–water partition coefficient (Wildman–Crippen LogP) is 6.86. The van der Waals surface area contributed by atoms with Crippen molar-refractivity contribution in [3.63, 3.8) is 0 Å². The van der Waals surface area contributed by atoms with Crippen LogP contribution in [0.25, 0.3) is 11.1 Å². The Labute approximate surface area is 130 Å². The zero-order valence-corrected chi connectivity index (χ0v) is 12.5. The van der Waals surface area contributed by atoms with Gasteiger partial charge < -0.3 is 0 Å². The minimum atomic E-state index is -9.84. The summed E-state index contributed by atoms with van der Waals surface area (Å²) in [6.45, 7) is 0. The van der Waals surface area contributed by atoms with Crippen molar-refractivity contribution >= 4 is 22.0 Å². The van der Waals surface area contributed by atoms with Crippen LogP contribution in [0.2, 0.25) is 0 Å². The van der Waals surface area contributed by atoms with Crippen molar-refractivity contribution in [3.8, 4) is 16.5 Å². The number of benzene rings is 2. The van der Waals surface area contributed by atoms with Gasteiger partial charge in [0, 0.05) is 4.90 Å². The molecule has 0 fully saturated rings. The SMILES string of the molecule is N#CSc1cc(F)c(-c2ccc(S(F)(F)(F)(F)F)cc2)c(F)c1. The number of halogens is 7. The Kier molecular flexibility index (Phi) is 3.66. The number of hydrogen-bond donors (Lipinski definition) is 0. The lowest BCUT2D eigenvalue weighted by Gasteiger charge is -2.40. The molecule has 0 spiro atoms. The minimum absolute atomic E-state index is 0.0325. The van der Waals surface area contributed by atoms with Crippen molar-refractivity contribution in [2.75, 3.05) is 0 Å². The fraction of sp³-hybridized carbons (Fsp3) is 0. The molecule has 0 N–H and O–H groups in total. The number of rotatable bonds is 3. The van der Waals surface area contributed by atoms with E-state index in [1.807, 2.05) is 0 Å². The monoisotopic (exact) mass is 373 g/mol. The Balaban J connectivity index is 2.52. The third kappa shape index (κ3) is 3.92.